The Morgan fingerprint density at radius 3 is 2.50 bits per heavy atom. The third-order valence-corrected chi connectivity index (χ3v) is 2.69. The summed E-state index contributed by atoms with van der Waals surface area (Å²) < 4.78 is 40.2. The van der Waals surface area contributed by atoms with Crippen LogP contribution in [-0.4, -0.2) is 22.5 Å². The topological polar surface area (TPSA) is 43.8 Å². The average molecular weight is 255 g/mol. The van der Waals surface area contributed by atoms with Crippen molar-refractivity contribution in [1.29, 1.82) is 0 Å². The molecule has 0 fully saturated rings. The average Bonchev–Trinajstić information content (AvgIpc) is 2.82. The number of aromatic nitrogens is 2. The normalized spacial score (nSPS) is 13.6. The van der Waals surface area contributed by atoms with Crippen molar-refractivity contribution in [3.63, 3.8) is 0 Å². The molecule has 2 aromatic rings. The number of rotatable bonds is 3. The van der Waals surface area contributed by atoms with Crippen LogP contribution in [0.15, 0.2) is 42.7 Å². The van der Waals surface area contributed by atoms with Crippen LogP contribution in [-0.2, 0) is 0 Å². The number of nitrogens with zero attached hydrogens (tertiary/aromatic N) is 2. The van der Waals surface area contributed by atoms with Crippen molar-refractivity contribution in [2.75, 3.05) is 6.54 Å². The van der Waals surface area contributed by atoms with Crippen molar-refractivity contribution in [1.82, 2.24) is 9.78 Å². The fraction of sp³-hybridized carbons (Fsp3) is 0.250. The molecule has 1 aromatic heterocycles. The van der Waals surface area contributed by atoms with Crippen LogP contribution in [0.3, 0.4) is 0 Å². The largest absolute Gasteiger partial charge is 0.397 e. The maximum absolute atomic E-state index is 12.9. The van der Waals surface area contributed by atoms with E-state index in [0.29, 0.717) is 5.69 Å². The molecular formula is C12H12F3N3. The van der Waals surface area contributed by atoms with Gasteiger partial charge in [0, 0.05) is 18.9 Å². The van der Waals surface area contributed by atoms with Crippen molar-refractivity contribution in [3.8, 4) is 5.69 Å². The summed E-state index contributed by atoms with van der Waals surface area (Å²) in [5.74, 6) is -1.68. The van der Waals surface area contributed by atoms with Gasteiger partial charge in [0.2, 0.25) is 0 Å². The van der Waals surface area contributed by atoms with Crippen LogP contribution < -0.4 is 5.73 Å². The van der Waals surface area contributed by atoms with Gasteiger partial charge in [0.05, 0.1) is 11.6 Å². The lowest BCUT2D eigenvalue weighted by molar-refractivity contribution is -0.148. The highest BCUT2D eigenvalue weighted by Crippen LogP contribution is 2.36. The maximum Gasteiger partial charge on any atom is 0.397 e. The fourth-order valence-corrected chi connectivity index (χ4v) is 1.84. The molecule has 0 saturated carbocycles. The second-order valence-corrected chi connectivity index (χ2v) is 3.84. The van der Waals surface area contributed by atoms with Crippen LogP contribution >= 0.6 is 0 Å². The van der Waals surface area contributed by atoms with Gasteiger partial charge < -0.3 is 5.73 Å². The Kier molecular flexibility index (Phi) is 3.38. The Balaban J connectivity index is 2.51. The second kappa shape index (κ2) is 4.81. The predicted molar refractivity (Wildman–Crippen MR) is 61.4 cm³/mol. The summed E-state index contributed by atoms with van der Waals surface area (Å²) in [7, 11) is 0. The fourth-order valence-electron chi connectivity index (χ4n) is 1.84. The molecule has 2 rings (SSSR count). The summed E-state index contributed by atoms with van der Waals surface area (Å²) in [5, 5.41) is 3.95. The molecule has 6 heteroatoms. The van der Waals surface area contributed by atoms with E-state index in [1.165, 1.54) is 16.9 Å². The first-order valence-corrected chi connectivity index (χ1v) is 5.39. The zero-order chi connectivity index (χ0) is 13.2. The minimum absolute atomic E-state index is 0.135. The highest BCUT2D eigenvalue weighted by Gasteiger charge is 2.40. The van der Waals surface area contributed by atoms with E-state index < -0.39 is 18.6 Å². The van der Waals surface area contributed by atoms with Crippen molar-refractivity contribution < 1.29 is 13.2 Å². The molecule has 0 aliphatic heterocycles. The highest BCUT2D eigenvalue weighted by atomic mass is 19.4. The molecule has 0 saturated heterocycles. The van der Waals surface area contributed by atoms with Gasteiger partial charge in [0.1, 0.15) is 0 Å². The predicted octanol–water partition coefficient (Wildman–Crippen LogP) is 2.48. The zero-order valence-corrected chi connectivity index (χ0v) is 9.43. The van der Waals surface area contributed by atoms with E-state index in [2.05, 4.69) is 5.10 Å². The van der Waals surface area contributed by atoms with Gasteiger partial charge in [-0.2, -0.15) is 18.3 Å². The number of para-hydroxylation sites is 1. The van der Waals surface area contributed by atoms with Gasteiger partial charge in [-0.25, -0.2) is 4.68 Å². The second-order valence-electron chi connectivity index (χ2n) is 3.84. The van der Waals surface area contributed by atoms with E-state index >= 15 is 0 Å². The lowest BCUT2D eigenvalue weighted by Gasteiger charge is -2.21. The van der Waals surface area contributed by atoms with Crippen LogP contribution in [0.4, 0.5) is 13.2 Å². The molecule has 3 nitrogen and oxygen atoms in total. The minimum Gasteiger partial charge on any atom is -0.330 e. The van der Waals surface area contributed by atoms with Crippen LogP contribution in [0.25, 0.3) is 5.69 Å². The van der Waals surface area contributed by atoms with Crippen molar-refractivity contribution in [2.45, 2.75) is 12.1 Å². The Bertz CT molecular complexity index is 506. The zero-order valence-electron chi connectivity index (χ0n) is 9.43. The quantitative estimate of drug-likeness (QED) is 0.915. The first-order valence-electron chi connectivity index (χ1n) is 5.39. The van der Waals surface area contributed by atoms with Crippen LogP contribution in [0.2, 0.25) is 0 Å². The molecule has 18 heavy (non-hydrogen) atoms. The first-order chi connectivity index (χ1) is 8.54. The van der Waals surface area contributed by atoms with E-state index in [9.17, 15) is 13.2 Å². The first kappa shape index (κ1) is 12.6. The van der Waals surface area contributed by atoms with E-state index in [1.807, 2.05) is 0 Å². The third-order valence-electron chi connectivity index (χ3n) is 2.69. The molecule has 96 valence electrons. The molecule has 2 N–H and O–H groups in total. The van der Waals surface area contributed by atoms with E-state index in [-0.39, 0.29) is 5.56 Å². The number of hydrogen-bond acceptors (Lipinski definition) is 2. The molecule has 1 unspecified atom stereocenters. The third kappa shape index (κ3) is 2.38. The number of nitrogens with two attached hydrogens (primary N) is 1. The molecule has 1 heterocycles. The molecule has 0 radical (unpaired) electrons. The molecule has 1 aromatic carbocycles. The number of alkyl halides is 3. The van der Waals surface area contributed by atoms with Crippen LogP contribution in [0.5, 0.6) is 0 Å². The number of hydrogen-bond donors (Lipinski definition) is 1. The summed E-state index contributed by atoms with van der Waals surface area (Å²) in [4.78, 5) is 0. The van der Waals surface area contributed by atoms with E-state index in [0.717, 1.165) is 0 Å². The summed E-state index contributed by atoms with van der Waals surface area (Å²) in [6.07, 6.45) is -1.25. The van der Waals surface area contributed by atoms with Gasteiger partial charge in [-0.05, 0) is 17.7 Å². The SMILES string of the molecule is NCC(c1ccccc1-n1cccn1)C(F)(F)F. The summed E-state index contributed by atoms with van der Waals surface area (Å²) >= 11 is 0. The smallest absolute Gasteiger partial charge is 0.330 e. The Morgan fingerprint density at radius 2 is 1.94 bits per heavy atom. The number of halogens is 3. The summed E-state index contributed by atoms with van der Waals surface area (Å²) in [6.45, 7) is -0.484. The molecule has 0 bridgehead atoms. The van der Waals surface area contributed by atoms with Gasteiger partial charge >= 0.3 is 6.18 Å². The van der Waals surface area contributed by atoms with Crippen LogP contribution in [0, 0.1) is 0 Å². The minimum atomic E-state index is -4.36. The molecular weight excluding hydrogens is 243 g/mol. The molecule has 1 atom stereocenters. The Morgan fingerprint density at radius 1 is 1.22 bits per heavy atom. The lowest BCUT2D eigenvalue weighted by atomic mass is 9.97. The standard InChI is InChI=1S/C12H12F3N3/c13-12(14,15)10(8-16)9-4-1-2-5-11(9)18-7-3-6-17-18/h1-7,10H,8,16H2. The van der Waals surface area contributed by atoms with Crippen molar-refractivity contribution >= 4 is 0 Å². The van der Waals surface area contributed by atoms with Crippen molar-refractivity contribution in [2.24, 2.45) is 5.73 Å². The Labute approximate surface area is 102 Å². The van der Waals surface area contributed by atoms with Gasteiger partial charge in [0.25, 0.3) is 0 Å². The van der Waals surface area contributed by atoms with Crippen LogP contribution in [0.1, 0.15) is 11.5 Å². The molecule has 0 aliphatic carbocycles. The van der Waals surface area contributed by atoms with E-state index in [1.54, 1.807) is 30.5 Å². The number of benzene rings is 1. The van der Waals surface area contributed by atoms with Gasteiger partial charge in [0.15, 0.2) is 0 Å². The summed E-state index contributed by atoms with van der Waals surface area (Å²) in [6, 6.07) is 7.92. The Hall–Kier alpha value is -1.82. The van der Waals surface area contributed by atoms with E-state index in [4.69, 9.17) is 5.73 Å². The van der Waals surface area contributed by atoms with Gasteiger partial charge in [-0.1, -0.05) is 18.2 Å². The van der Waals surface area contributed by atoms with Gasteiger partial charge in [-0.3, -0.25) is 0 Å². The molecule has 0 aliphatic rings. The lowest BCUT2D eigenvalue weighted by Crippen LogP contribution is -2.29. The maximum atomic E-state index is 12.9. The monoisotopic (exact) mass is 255 g/mol. The molecule has 0 spiro atoms. The summed E-state index contributed by atoms with van der Waals surface area (Å²) in [5.41, 5.74) is 5.80. The highest BCUT2D eigenvalue weighted by molar-refractivity contribution is 5.43. The van der Waals surface area contributed by atoms with Crippen molar-refractivity contribution in [3.05, 3.63) is 48.3 Å². The molecule has 0 amide bonds. The van der Waals surface area contributed by atoms with Gasteiger partial charge in [-0.15, -0.1) is 0 Å².